The first-order valence-corrected chi connectivity index (χ1v) is 7.98. The molecule has 3 heterocycles. The summed E-state index contributed by atoms with van der Waals surface area (Å²) in [6.07, 6.45) is 4.17. The first kappa shape index (κ1) is 12.6. The molecule has 0 amide bonds. The van der Waals surface area contributed by atoms with Gasteiger partial charge < -0.3 is 5.73 Å². The van der Waals surface area contributed by atoms with Crippen molar-refractivity contribution in [2.24, 2.45) is 5.73 Å². The van der Waals surface area contributed by atoms with Crippen LogP contribution in [-0.4, -0.2) is 48.6 Å². The van der Waals surface area contributed by atoms with Gasteiger partial charge in [0.2, 0.25) is 0 Å². The Morgan fingerprint density at radius 3 is 3.06 bits per heavy atom. The summed E-state index contributed by atoms with van der Waals surface area (Å²) in [5, 5.41) is 2.16. The third kappa shape index (κ3) is 2.48. The molecule has 1 aromatic rings. The highest BCUT2D eigenvalue weighted by Gasteiger charge is 2.32. The van der Waals surface area contributed by atoms with Gasteiger partial charge in [-0.25, -0.2) is 0 Å². The number of hydrogen-bond donors (Lipinski definition) is 1. The van der Waals surface area contributed by atoms with Crippen molar-refractivity contribution in [3.8, 4) is 0 Å². The van der Waals surface area contributed by atoms with Crippen LogP contribution in [0.2, 0.25) is 0 Å². The zero-order valence-corrected chi connectivity index (χ0v) is 11.7. The van der Waals surface area contributed by atoms with E-state index in [9.17, 15) is 0 Å². The van der Waals surface area contributed by atoms with Crippen molar-refractivity contribution < 1.29 is 0 Å². The molecule has 3 rings (SSSR count). The monoisotopic (exact) mass is 265 g/mol. The van der Waals surface area contributed by atoms with Crippen LogP contribution < -0.4 is 5.73 Å². The Balaban J connectivity index is 1.69. The van der Waals surface area contributed by atoms with E-state index >= 15 is 0 Å². The van der Waals surface area contributed by atoms with Crippen LogP contribution in [0.25, 0.3) is 0 Å². The number of hydrogen-bond acceptors (Lipinski definition) is 4. The van der Waals surface area contributed by atoms with E-state index in [1.54, 1.807) is 0 Å². The van der Waals surface area contributed by atoms with Gasteiger partial charge in [-0.3, -0.25) is 9.80 Å². The van der Waals surface area contributed by atoms with Gasteiger partial charge in [0.15, 0.2) is 0 Å². The van der Waals surface area contributed by atoms with E-state index in [-0.39, 0.29) is 0 Å². The molecule has 2 aliphatic heterocycles. The summed E-state index contributed by atoms with van der Waals surface area (Å²) in [5.74, 6) is 0. The van der Waals surface area contributed by atoms with E-state index in [2.05, 4.69) is 27.3 Å². The number of piperazine rings is 1. The van der Waals surface area contributed by atoms with E-state index in [0.717, 1.165) is 12.6 Å². The van der Waals surface area contributed by atoms with Crippen molar-refractivity contribution in [1.82, 2.24) is 9.80 Å². The molecule has 3 nitrogen and oxygen atoms in total. The van der Waals surface area contributed by atoms with Crippen molar-refractivity contribution in [3.63, 3.8) is 0 Å². The molecule has 2 fully saturated rings. The largest absolute Gasteiger partial charge is 0.329 e. The predicted octanol–water partition coefficient (Wildman–Crippen LogP) is 1.92. The summed E-state index contributed by atoms with van der Waals surface area (Å²) in [4.78, 5) is 6.72. The number of rotatable bonds is 3. The number of thiophene rings is 1. The van der Waals surface area contributed by atoms with E-state index < -0.39 is 0 Å². The SMILES string of the molecule is NCC(c1cccs1)N1CCN2CCCCC2C1. The second kappa shape index (κ2) is 5.70. The first-order valence-electron chi connectivity index (χ1n) is 7.10. The molecule has 100 valence electrons. The maximum atomic E-state index is 6.01. The van der Waals surface area contributed by atoms with Crippen molar-refractivity contribution in [2.75, 3.05) is 32.7 Å². The fraction of sp³-hybridized carbons (Fsp3) is 0.714. The maximum Gasteiger partial charge on any atom is 0.0565 e. The van der Waals surface area contributed by atoms with Gasteiger partial charge in [-0.1, -0.05) is 12.5 Å². The molecule has 2 aliphatic rings. The average Bonchev–Trinajstić information content (AvgIpc) is 2.93. The smallest absolute Gasteiger partial charge is 0.0565 e. The van der Waals surface area contributed by atoms with Gasteiger partial charge in [0.05, 0.1) is 6.04 Å². The second-order valence-electron chi connectivity index (χ2n) is 5.45. The topological polar surface area (TPSA) is 32.5 Å². The van der Waals surface area contributed by atoms with Crippen LogP contribution in [0.4, 0.5) is 0 Å². The van der Waals surface area contributed by atoms with Crippen molar-refractivity contribution in [1.29, 1.82) is 0 Å². The van der Waals surface area contributed by atoms with Crippen LogP contribution in [0, 0.1) is 0 Å². The lowest BCUT2D eigenvalue weighted by Gasteiger charge is -2.46. The molecule has 2 saturated heterocycles. The summed E-state index contributed by atoms with van der Waals surface area (Å²) >= 11 is 1.84. The van der Waals surface area contributed by atoms with Crippen molar-refractivity contribution >= 4 is 11.3 Å². The molecule has 18 heavy (non-hydrogen) atoms. The molecule has 4 heteroatoms. The van der Waals surface area contributed by atoms with E-state index in [1.807, 2.05) is 11.3 Å². The molecule has 0 radical (unpaired) electrons. The molecule has 0 saturated carbocycles. The average molecular weight is 265 g/mol. The summed E-state index contributed by atoms with van der Waals surface area (Å²) in [7, 11) is 0. The lowest BCUT2D eigenvalue weighted by molar-refractivity contribution is 0.0293. The van der Waals surface area contributed by atoms with Gasteiger partial charge >= 0.3 is 0 Å². The fourth-order valence-electron chi connectivity index (χ4n) is 3.39. The number of nitrogens with zero attached hydrogens (tertiary/aromatic N) is 2. The van der Waals surface area contributed by atoms with Gasteiger partial charge in [0.25, 0.3) is 0 Å². The summed E-state index contributed by atoms with van der Waals surface area (Å²) < 4.78 is 0. The molecule has 0 aromatic carbocycles. The lowest BCUT2D eigenvalue weighted by Crippen LogP contribution is -2.56. The van der Waals surface area contributed by atoms with Gasteiger partial charge in [-0.15, -0.1) is 11.3 Å². The summed E-state index contributed by atoms with van der Waals surface area (Å²) in [6.45, 7) is 5.67. The van der Waals surface area contributed by atoms with Crippen LogP contribution in [0.1, 0.15) is 30.2 Å². The molecular formula is C14H23N3S. The van der Waals surface area contributed by atoms with Crippen molar-refractivity contribution in [3.05, 3.63) is 22.4 Å². The molecule has 2 atom stereocenters. The molecule has 0 aliphatic carbocycles. The Kier molecular flexibility index (Phi) is 3.99. The minimum atomic E-state index is 0.439. The van der Waals surface area contributed by atoms with Crippen molar-refractivity contribution in [2.45, 2.75) is 31.3 Å². The molecule has 0 spiro atoms. The van der Waals surface area contributed by atoms with Crippen LogP contribution in [0.5, 0.6) is 0 Å². The summed E-state index contributed by atoms with van der Waals surface area (Å²) in [5.41, 5.74) is 6.01. The number of nitrogens with two attached hydrogens (primary N) is 1. The van der Waals surface area contributed by atoms with Crippen LogP contribution in [0.3, 0.4) is 0 Å². The number of piperidine rings is 1. The zero-order valence-electron chi connectivity index (χ0n) is 10.9. The van der Waals surface area contributed by atoms with Crippen LogP contribution in [-0.2, 0) is 0 Å². The minimum Gasteiger partial charge on any atom is -0.329 e. The normalized spacial score (nSPS) is 27.9. The van der Waals surface area contributed by atoms with Gasteiger partial charge in [0.1, 0.15) is 0 Å². The Hall–Kier alpha value is -0.420. The lowest BCUT2D eigenvalue weighted by atomic mass is 9.98. The minimum absolute atomic E-state index is 0.439. The maximum absolute atomic E-state index is 6.01. The number of fused-ring (bicyclic) bond motifs is 1. The highest BCUT2D eigenvalue weighted by Crippen LogP contribution is 2.29. The highest BCUT2D eigenvalue weighted by molar-refractivity contribution is 7.10. The standard InChI is InChI=1S/C14H23N3S/c15-10-13(14-5-3-9-18-14)17-8-7-16-6-2-1-4-12(16)11-17/h3,5,9,12-13H,1-2,4,6-8,10-11,15H2. The fourth-order valence-corrected chi connectivity index (χ4v) is 4.26. The summed E-state index contributed by atoms with van der Waals surface area (Å²) in [6, 6.07) is 5.59. The molecule has 2 unspecified atom stereocenters. The van der Waals surface area contributed by atoms with E-state index in [1.165, 1.54) is 50.3 Å². The Morgan fingerprint density at radius 2 is 2.28 bits per heavy atom. The first-order chi connectivity index (χ1) is 8.88. The third-order valence-electron chi connectivity index (χ3n) is 4.40. The van der Waals surface area contributed by atoms with E-state index in [0.29, 0.717) is 6.04 Å². The molecule has 1 aromatic heterocycles. The van der Waals surface area contributed by atoms with Crippen LogP contribution in [0.15, 0.2) is 17.5 Å². The highest BCUT2D eigenvalue weighted by atomic mass is 32.1. The zero-order chi connectivity index (χ0) is 12.4. The predicted molar refractivity (Wildman–Crippen MR) is 76.9 cm³/mol. The second-order valence-corrected chi connectivity index (χ2v) is 6.43. The van der Waals surface area contributed by atoms with Crippen LogP contribution >= 0.6 is 11.3 Å². The quantitative estimate of drug-likeness (QED) is 0.906. The molecule has 0 bridgehead atoms. The Labute approximate surface area is 114 Å². The van der Waals surface area contributed by atoms with Gasteiger partial charge in [-0.2, -0.15) is 0 Å². The van der Waals surface area contributed by atoms with Gasteiger partial charge in [0, 0.05) is 37.1 Å². The Bertz CT molecular complexity index is 365. The molecular weight excluding hydrogens is 242 g/mol. The molecule has 2 N–H and O–H groups in total. The third-order valence-corrected chi connectivity index (χ3v) is 5.38. The van der Waals surface area contributed by atoms with Gasteiger partial charge in [-0.05, 0) is 30.8 Å². The van der Waals surface area contributed by atoms with E-state index in [4.69, 9.17) is 5.73 Å². The Morgan fingerprint density at radius 1 is 1.33 bits per heavy atom.